The van der Waals surface area contributed by atoms with E-state index in [2.05, 4.69) is 4.98 Å². The minimum Gasteiger partial charge on any atom is -0.326 e. The molecule has 100 valence electrons. The van der Waals surface area contributed by atoms with E-state index in [1.165, 1.54) is 6.07 Å². The van der Waals surface area contributed by atoms with E-state index >= 15 is 0 Å². The maximum absolute atomic E-state index is 13.9. The van der Waals surface area contributed by atoms with Crippen LogP contribution in [0.1, 0.15) is 16.7 Å². The van der Waals surface area contributed by atoms with E-state index in [-0.39, 0.29) is 5.82 Å². The van der Waals surface area contributed by atoms with Gasteiger partial charge in [0.15, 0.2) is 0 Å². The number of hydrogen-bond acceptors (Lipinski definition) is 2. The highest BCUT2D eigenvalue weighted by Crippen LogP contribution is 2.21. The fraction of sp³-hybridized carbons (Fsp3) is 0.118. The highest BCUT2D eigenvalue weighted by Gasteiger charge is 2.07. The zero-order valence-electron chi connectivity index (χ0n) is 11.0. The molecule has 0 aliphatic heterocycles. The molecule has 0 amide bonds. The van der Waals surface area contributed by atoms with Crippen molar-refractivity contribution in [3.05, 3.63) is 77.2 Å². The smallest absolute Gasteiger partial charge is 0.126 e. The van der Waals surface area contributed by atoms with Gasteiger partial charge in [-0.1, -0.05) is 30.3 Å². The highest BCUT2D eigenvalue weighted by molar-refractivity contribution is 5.82. The number of nitrogens with two attached hydrogens (primary N) is 1. The minimum atomic E-state index is -0.192. The van der Waals surface area contributed by atoms with Crippen molar-refractivity contribution in [2.45, 2.75) is 13.0 Å². The molecule has 2 N–H and O–H groups in total. The third-order valence-electron chi connectivity index (χ3n) is 3.47. The van der Waals surface area contributed by atoms with Crippen molar-refractivity contribution in [3.8, 4) is 0 Å². The highest BCUT2D eigenvalue weighted by atomic mass is 19.1. The Morgan fingerprint density at radius 2 is 1.85 bits per heavy atom. The van der Waals surface area contributed by atoms with Crippen LogP contribution in [0.15, 0.2) is 54.7 Å². The van der Waals surface area contributed by atoms with Crippen molar-refractivity contribution in [1.29, 1.82) is 0 Å². The Labute approximate surface area is 117 Å². The summed E-state index contributed by atoms with van der Waals surface area (Å²) < 4.78 is 13.9. The quantitative estimate of drug-likeness (QED) is 0.789. The van der Waals surface area contributed by atoms with Crippen molar-refractivity contribution in [3.63, 3.8) is 0 Å². The molecule has 0 saturated carbocycles. The maximum Gasteiger partial charge on any atom is 0.126 e. The second-order valence-electron chi connectivity index (χ2n) is 4.79. The molecule has 0 radical (unpaired) electrons. The van der Waals surface area contributed by atoms with Crippen molar-refractivity contribution >= 4 is 10.9 Å². The van der Waals surface area contributed by atoms with Crippen LogP contribution >= 0.6 is 0 Å². The van der Waals surface area contributed by atoms with Crippen LogP contribution in [0, 0.1) is 5.82 Å². The van der Waals surface area contributed by atoms with E-state index < -0.39 is 0 Å². The van der Waals surface area contributed by atoms with Gasteiger partial charge in [0.2, 0.25) is 0 Å². The predicted octanol–water partition coefficient (Wildman–Crippen LogP) is 3.42. The first-order valence-corrected chi connectivity index (χ1v) is 6.58. The molecule has 0 aliphatic carbocycles. The summed E-state index contributed by atoms with van der Waals surface area (Å²) in [7, 11) is 0. The average molecular weight is 266 g/mol. The summed E-state index contributed by atoms with van der Waals surface area (Å²) in [5.74, 6) is -0.192. The summed E-state index contributed by atoms with van der Waals surface area (Å²) in [6.45, 7) is 0.421. The summed E-state index contributed by atoms with van der Waals surface area (Å²) in [5.41, 5.74) is 9.24. The SMILES string of the molecule is NCc1ccc(F)c(Cc2ccnc3ccccc23)c1. The first kappa shape index (κ1) is 12.8. The normalized spacial score (nSPS) is 10.9. The number of hydrogen-bond donors (Lipinski definition) is 1. The van der Waals surface area contributed by atoms with Crippen molar-refractivity contribution < 1.29 is 4.39 Å². The molecular weight excluding hydrogens is 251 g/mol. The van der Waals surface area contributed by atoms with Crippen LogP contribution in [0.2, 0.25) is 0 Å². The molecule has 20 heavy (non-hydrogen) atoms. The largest absolute Gasteiger partial charge is 0.326 e. The summed E-state index contributed by atoms with van der Waals surface area (Å²) in [6.07, 6.45) is 2.31. The van der Waals surface area contributed by atoms with Gasteiger partial charge in [-0.2, -0.15) is 0 Å². The molecule has 0 fully saturated rings. The van der Waals surface area contributed by atoms with E-state index in [0.29, 0.717) is 18.5 Å². The Hall–Kier alpha value is -2.26. The number of fused-ring (bicyclic) bond motifs is 1. The van der Waals surface area contributed by atoms with E-state index in [1.807, 2.05) is 36.4 Å². The number of nitrogens with zero attached hydrogens (tertiary/aromatic N) is 1. The Bertz CT molecular complexity index is 748. The number of pyridine rings is 1. The molecule has 0 bridgehead atoms. The third-order valence-corrected chi connectivity index (χ3v) is 3.47. The number of rotatable bonds is 3. The molecular formula is C17H15FN2. The van der Waals surface area contributed by atoms with Gasteiger partial charge in [0.25, 0.3) is 0 Å². The summed E-state index contributed by atoms with van der Waals surface area (Å²) in [6, 6.07) is 14.9. The molecule has 3 aromatic rings. The number of para-hydroxylation sites is 1. The monoisotopic (exact) mass is 266 g/mol. The zero-order chi connectivity index (χ0) is 13.9. The van der Waals surface area contributed by atoms with Gasteiger partial charge in [0.1, 0.15) is 5.82 Å². The van der Waals surface area contributed by atoms with Gasteiger partial charge in [-0.05, 0) is 34.9 Å². The zero-order valence-corrected chi connectivity index (χ0v) is 11.0. The van der Waals surface area contributed by atoms with Crippen LogP contribution in [0.5, 0.6) is 0 Å². The molecule has 3 rings (SSSR count). The van der Waals surface area contributed by atoms with E-state index in [9.17, 15) is 4.39 Å². The first-order valence-electron chi connectivity index (χ1n) is 6.58. The van der Waals surface area contributed by atoms with Crippen LogP contribution < -0.4 is 5.73 Å². The molecule has 0 aliphatic rings. The van der Waals surface area contributed by atoms with Crippen LogP contribution in [0.4, 0.5) is 4.39 Å². The Morgan fingerprint density at radius 3 is 2.70 bits per heavy atom. The van der Waals surface area contributed by atoms with Gasteiger partial charge >= 0.3 is 0 Å². The lowest BCUT2D eigenvalue weighted by Gasteiger charge is -2.08. The number of benzene rings is 2. The fourth-order valence-electron chi connectivity index (χ4n) is 2.40. The second kappa shape index (κ2) is 5.39. The van der Waals surface area contributed by atoms with Crippen LogP contribution in [0.25, 0.3) is 10.9 Å². The summed E-state index contributed by atoms with van der Waals surface area (Å²) >= 11 is 0. The number of aromatic nitrogens is 1. The van der Waals surface area contributed by atoms with Gasteiger partial charge in [-0.3, -0.25) is 4.98 Å². The molecule has 0 atom stereocenters. The molecule has 0 saturated heterocycles. The maximum atomic E-state index is 13.9. The van der Waals surface area contributed by atoms with Gasteiger partial charge in [0, 0.05) is 24.5 Å². The van der Waals surface area contributed by atoms with Crippen LogP contribution in [-0.4, -0.2) is 4.98 Å². The van der Waals surface area contributed by atoms with Gasteiger partial charge in [-0.25, -0.2) is 4.39 Å². The Kier molecular flexibility index (Phi) is 3.44. The fourth-order valence-corrected chi connectivity index (χ4v) is 2.40. The van der Waals surface area contributed by atoms with Crippen molar-refractivity contribution in [2.75, 3.05) is 0 Å². The molecule has 2 aromatic carbocycles. The third kappa shape index (κ3) is 2.40. The molecule has 0 spiro atoms. The van der Waals surface area contributed by atoms with E-state index in [4.69, 9.17) is 5.73 Å². The first-order chi connectivity index (χ1) is 9.78. The lowest BCUT2D eigenvalue weighted by molar-refractivity contribution is 0.613. The molecule has 3 heteroatoms. The molecule has 1 aromatic heterocycles. The lowest BCUT2D eigenvalue weighted by atomic mass is 9.99. The number of halogens is 1. The van der Waals surface area contributed by atoms with Gasteiger partial charge in [0.05, 0.1) is 5.52 Å². The molecule has 0 unspecified atom stereocenters. The van der Waals surface area contributed by atoms with Crippen LogP contribution in [0.3, 0.4) is 0 Å². The Balaban J connectivity index is 2.05. The standard InChI is InChI=1S/C17H15FN2/c18-16-6-5-12(11-19)9-14(16)10-13-7-8-20-17-4-2-1-3-15(13)17/h1-9H,10-11,19H2. The summed E-state index contributed by atoms with van der Waals surface area (Å²) in [5, 5.41) is 1.06. The topological polar surface area (TPSA) is 38.9 Å². The van der Waals surface area contributed by atoms with Gasteiger partial charge in [-0.15, -0.1) is 0 Å². The van der Waals surface area contributed by atoms with Gasteiger partial charge < -0.3 is 5.73 Å². The molecule has 2 nitrogen and oxygen atoms in total. The molecule has 1 heterocycles. The van der Waals surface area contributed by atoms with Crippen molar-refractivity contribution in [2.24, 2.45) is 5.73 Å². The lowest BCUT2D eigenvalue weighted by Crippen LogP contribution is -2.00. The van der Waals surface area contributed by atoms with Crippen molar-refractivity contribution in [1.82, 2.24) is 4.98 Å². The van der Waals surface area contributed by atoms with E-state index in [1.54, 1.807) is 12.3 Å². The predicted molar refractivity (Wildman–Crippen MR) is 78.8 cm³/mol. The second-order valence-corrected chi connectivity index (χ2v) is 4.79. The average Bonchev–Trinajstić information content (AvgIpc) is 2.50. The summed E-state index contributed by atoms with van der Waals surface area (Å²) in [4.78, 5) is 4.33. The Morgan fingerprint density at radius 1 is 1.00 bits per heavy atom. The minimum absolute atomic E-state index is 0.192. The van der Waals surface area contributed by atoms with Crippen LogP contribution in [-0.2, 0) is 13.0 Å². The van der Waals surface area contributed by atoms with E-state index in [0.717, 1.165) is 22.0 Å².